The van der Waals surface area contributed by atoms with E-state index in [1.165, 1.54) is 5.57 Å². The van der Waals surface area contributed by atoms with Crippen molar-refractivity contribution in [2.24, 2.45) is 10.9 Å². The Bertz CT molecular complexity index is 566. The van der Waals surface area contributed by atoms with Crippen LogP contribution in [0.2, 0.25) is 0 Å². The highest BCUT2D eigenvalue weighted by molar-refractivity contribution is 5.70. The monoisotopic (exact) mass is 183 g/mol. The van der Waals surface area contributed by atoms with Gasteiger partial charge in [-0.05, 0) is 6.08 Å². The fraction of sp³-hybridized carbons (Fsp3) is 0.182. The van der Waals surface area contributed by atoms with Crippen molar-refractivity contribution in [3.8, 4) is 0 Å². The van der Waals surface area contributed by atoms with Crippen LogP contribution in [0, 0.1) is 5.92 Å². The smallest absolute Gasteiger partial charge is 0.116 e. The van der Waals surface area contributed by atoms with Gasteiger partial charge in [-0.25, -0.2) is 15.0 Å². The Hall–Kier alpha value is -1.77. The largest absolute Gasteiger partial charge is 0.245 e. The van der Waals surface area contributed by atoms with E-state index in [1.54, 1.807) is 12.5 Å². The van der Waals surface area contributed by atoms with Crippen molar-refractivity contribution in [3.05, 3.63) is 47.2 Å². The summed E-state index contributed by atoms with van der Waals surface area (Å²) in [5.74, 6) is 0.398. The van der Waals surface area contributed by atoms with Crippen molar-refractivity contribution < 1.29 is 0 Å². The van der Waals surface area contributed by atoms with E-state index in [0.29, 0.717) is 5.92 Å². The molecule has 2 heterocycles. The van der Waals surface area contributed by atoms with E-state index < -0.39 is 0 Å². The molecule has 0 bridgehead atoms. The van der Waals surface area contributed by atoms with Gasteiger partial charge < -0.3 is 0 Å². The summed E-state index contributed by atoms with van der Waals surface area (Å²) in [7, 11) is 0. The van der Waals surface area contributed by atoms with Crippen LogP contribution >= 0.6 is 0 Å². The predicted octanol–water partition coefficient (Wildman–Crippen LogP) is 0.350. The zero-order chi connectivity index (χ0) is 9.54. The normalized spacial score (nSPS) is 22.5. The number of aromatic nitrogens is 2. The van der Waals surface area contributed by atoms with Crippen LogP contribution in [0.3, 0.4) is 0 Å². The lowest BCUT2D eigenvalue weighted by atomic mass is 9.94. The van der Waals surface area contributed by atoms with Crippen molar-refractivity contribution in [1.82, 2.24) is 9.97 Å². The lowest BCUT2D eigenvalue weighted by Crippen LogP contribution is -2.28. The van der Waals surface area contributed by atoms with E-state index in [1.807, 2.05) is 12.2 Å². The second-order valence-corrected chi connectivity index (χ2v) is 3.51. The number of hydrogen-bond donors (Lipinski definition) is 0. The third-order valence-corrected chi connectivity index (χ3v) is 2.57. The highest BCUT2D eigenvalue weighted by atomic mass is 14.9. The highest BCUT2D eigenvalue weighted by Gasteiger charge is 2.19. The molecule has 0 aromatic carbocycles. The van der Waals surface area contributed by atoms with Crippen molar-refractivity contribution >= 4 is 5.57 Å². The summed E-state index contributed by atoms with van der Waals surface area (Å²) < 4.78 is 0. The second kappa shape index (κ2) is 2.61. The number of allylic oxidation sites excluding steroid dienone is 4. The lowest BCUT2D eigenvalue weighted by molar-refractivity contribution is 0.935. The zero-order valence-corrected chi connectivity index (χ0v) is 7.81. The molecule has 0 amide bonds. The molecule has 0 fully saturated rings. The maximum absolute atomic E-state index is 4.47. The van der Waals surface area contributed by atoms with Crippen LogP contribution in [-0.2, 0) is 0 Å². The Kier molecular flexibility index (Phi) is 1.42. The molecule has 0 spiro atoms. The molecular formula is C11H9N3. The van der Waals surface area contributed by atoms with Crippen molar-refractivity contribution in [2.45, 2.75) is 6.92 Å². The van der Waals surface area contributed by atoms with Gasteiger partial charge in [-0.3, -0.25) is 0 Å². The molecule has 1 aromatic rings. The molecule has 14 heavy (non-hydrogen) atoms. The molecule has 0 saturated carbocycles. The summed E-state index contributed by atoms with van der Waals surface area (Å²) in [5, 5.41) is 1.88. The zero-order valence-electron chi connectivity index (χ0n) is 7.81. The van der Waals surface area contributed by atoms with Gasteiger partial charge in [0.05, 0.1) is 17.2 Å². The van der Waals surface area contributed by atoms with Gasteiger partial charge in [-0.15, -0.1) is 0 Å². The lowest BCUT2D eigenvalue weighted by Gasteiger charge is -2.11. The SMILES string of the molecule is CC1C=CC=C2N=c3cncnc3=C21. The van der Waals surface area contributed by atoms with Crippen molar-refractivity contribution in [3.63, 3.8) is 0 Å². The Labute approximate surface area is 81.2 Å². The first-order valence-electron chi connectivity index (χ1n) is 4.64. The second-order valence-electron chi connectivity index (χ2n) is 3.51. The van der Waals surface area contributed by atoms with Crippen LogP contribution in [0.5, 0.6) is 0 Å². The molecule has 1 atom stereocenters. The topological polar surface area (TPSA) is 38.1 Å². The fourth-order valence-corrected chi connectivity index (χ4v) is 1.91. The minimum absolute atomic E-state index is 0.398. The van der Waals surface area contributed by atoms with Gasteiger partial charge in [-0.2, -0.15) is 0 Å². The number of hydrogen-bond acceptors (Lipinski definition) is 3. The molecule has 0 radical (unpaired) electrons. The standard InChI is InChI=1S/C11H9N3/c1-7-3-2-4-8-10(7)11-9(14-8)5-12-6-13-11/h2-7H,1H3. The molecule has 3 rings (SSSR count). The van der Waals surface area contributed by atoms with Crippen LogP contribution < -0.4 is 10.7 Å². The summed E-state index contributed by atoms with van der Waals surface area (Å²) in [6.07, 6.45) is 9.57. The van der Waals surface area contributed by atoms with Gasteiger partial charge in [-0.1, -0.05) is 19.1 Å². The van der Waals surface area contributed by atoms with Gasteiger partial charge >= 0.3 is 0 Å². The summed E-state index contributed by atoms with van der Waals surface area (Å²) in [5.41, 5.74) is 2.26. The van der Waals surface area contributed by atoms with Crippen LogP contribution in [0.25, 0.3) is 5.57 Å². The summed E-state index contributed by atoms with van der Waals surface area (Å²) in [4.78, 5) is 12.7. The number of nitrogens with zero attached hydrogens (tertiary/aromatic N) is 3. The van der Waals surface area contributed by atoms with E-state index in [-0.39, 0.29) is 0 Å². The van der Waals surface area contributed by atoms with Crippen molar-refractivity contribution in [2.75, 3.05) is 0 Å². The predicted molar refractivity (Wildman–Crippen MR) is 52.6 cm³/mol. The number of fused-ring (bicyclic) bond motifs is 2. The van der Waals surface area contributed by atoms with Gasteiger partial charge in [0.1, 0.15) is 11.7 Å². The molecule has 1 aliphatic heterocycles. The van der Waals surface area contributed by atoms with Gasteiger partial charge in [0.2, 0.25) is 0 Å². The molecule has 0 saturated heterocycles. The third kappa shape index (κ3) is 0.894. The first-order chi connectivity index (χ1) is 6.86. The van der Waals surface area contributed by atoms with E-state index in [4.69, 9.17) is 0 Å². The Balaban J connectivity index is 2.45. The first kappa shape index (κ1) is 7.62. The molecule has 1 unspecified atom stereocenters. The van der Waals surface area contributed by atoms with Crippen LogP contribution in [-0.4, -0.2) is 9.97 Å². The average Bonchev–Trinajstić information content (AvgIpc) is 2.57. The average molecular weight is 183 g/mol. The maximum Gasteiger partial charge on any atom is 0.116 e. The molecular weight excluding hydrogens is 174 g/mol. The number of rotatable bonds is 0. The highest BCUT2D eigenvalue weighted by Crippen LogP contribution is 2.26. The van der Waals surface area contributed by atoms with Gasteiger partial charge in [0.25, 0.3) is 0 Å². The molecule has 3 heteroatoms. The molecule has 1 aliphatic carbocycles. The Morgan fingerprint density at radius 3 is 3.21 bits per heavy atom. The fourth-order valence-electron chi connectivity index (χ4n) is 1.91. The molecule has 0 N–H and O–H groups in total. The summed E-state index contributed by atoms with van der Waals surface area (Å²) >= 11 is 0. The first-order valence-corrected chi connectivity index (χ1v) is 4.64. The molecule has 1 aromatic heterocycles. The van der Waals surface area contributed by atoms with Gasteiger partial charge in [0.15, 0.2) is 0 Å². The molecule has 3 nitrogen and oxygen atoms in total. The summed E-state index contributed by atoms with van der Waals surface area (Å²) in [6, 6.07) is 0. The van der Waals surface area contributed by atoms with Gasteiger partial charge in [0, 0.05) is 11.5 Å². The van der Waals surface area contributed by atoms with E-state index in [0.717, 1.165) is 16.4 Å². The maximum atomic E-state index is 4.47. The van der Waals surface area contributed by atoms with Crippen LogP contribution in [0.4, 0.5) is 0 Å². The molecule has 68 valence electrons. The third-order valence-electron chi connectivity index (χ3n) is 2.57. The van der Waals surface area contributed by atoms with E-state index in [2.05, 4.69) is 28.0 Å². The van der Waals surface area contributed by atoms with Crippen LogP contribution in [0.1, 0.15) is 6.92 Å². The van der Waals surface area contributed by atoms with E-state index in [9.17, 15) is 0 Å². The minimum atomic E-state index is 0.398. The van der Waals surface area contributed by atoms with E-state index >= 15 is 0 Å². The van der Waals surface area contributed by atoms with Crippen molar-refractivity contribution in [1.29, 1.82) is 0 Å². The minimum Gasteiger partial charge on any atom is -0.245 e. The Morgan fingerprint density at radius 2 is 2.29 bits per heavy atom. The molecule has 2 aliphatic rings. The quantitative estimate of drug-likeness (QED) is 0.582. The van der Waals surface area contributed by atoms with Crippen LogP contribution in [0.15, 0.2) is 41.4 Å². The summed E-state index contributed by atoms with van der Waals surface area (Å²) in [6.45, 7) is 2.16. The Morgan fingerprint density at radius 1 is 1.36 bits per heavy atom.